The molecule has 8 heteroatoms. The molecule has 1 aliphatic rings. The van der Waals surface area contributed by atoms with Crippen LogP contribution in [0.2, 0.25) is 5.02 Å². The number of hydrogen-bond acceptors (Lipinski definition) is 4. The van der Waals surface area contributed by atoms with Crippen molar-refractivity contribution in [1.82, 2.24) is 14.5 Å². The number of aromatic nitrogens is 2. The number of aliphatic hydroxyl groups excluding tert-OH is 1. The van der Waals surface area contributed by atoms with E-state index in [1.54, 1.807) is 36.8 Å². The van der Waals surface area contributed by atoms with E-state index in [9.17, 15) is 14.7 Å². The van der Waals surface area contributed by atoms with E-state index in [2.05, 4.69) is 20.9 Å². The van der Waals surface area contributed by atoms with Crippen LogP contribution in [-0.2, 0) is 16.1 Å². The van der Waals surface area contributed by atoms with Crippen LogP contribution in [-0.4, -0.2) is 37.8 Å². The van der Waals surface area contributed by atoms with E-state index < -0.39 is 17.7 Å². The number of carbonyl (C=O) groups is 2. The van der Waals surface area contributed by atoms with Gasteiger partial charge in [0, 0.05) is 40.5 Å². The maximum absolute atomic E-state index is 13.0. The highest BCUT2D eigenvalue weighted by Gasteiger charge is 2.45. The van der Waals surface area contributed by atoms with Crippen molar-refractivity contribution in [3.8, 4) is 0 Å². The van der Waals surface area contributed by atoms with Gasteiger partial charge in [-0.05, 0) is 48.4 Å². The first kappa shape index (κ1) is 21.3. The minimum absolute atomic E-state index is 0.0808. The van der Waals surface area contributed by atoms with Crippen LogP contribution in [0, 0.1) is 0 Å². The Kier molecular flexibility index (Phi) is 6.25. The Labute approximate surface area is 192 Å². The fourth-order valence-electron chi connectivity index (χ4n) is 3.71. The molecule has 1 saturated heterocycles. The van der Waals surface area contributed by atoms with Gasteiger partial charge in [0.25, 0.3) is 11.7 Å². The fourth-order valence-corrected chi connectivity index (χ4v) is 4.10. The van der Waals surface area contributed by atoms with Gasteiger partial charge in [-0.1, -0.05) is 39.7 Å². The summed E-state index contributed by atoms with van der Waals surface area (Å²) < 4.78 is 2.80. The van der Waals surface area contributed by atoms with Crippen molar-refractivity contribution in [2.45, 2.75) is 19.0 Å². The van der Waals surface area contributed by atoms with Gasteiger partial charge in [0.15, 0.2) is 0 Å². The van der Waals surface area contributed by atoms with Crippen molar-refractivity contribution < 1.29 is 14.7 Å². The Morgan fingerprint density at radius 3 is 2.42 bits per heavy atom. The van der Waals surface area contributed by atoms with E-state index in [4.69, 9.17) is 11.6 Å². The molecule has 31 heavy (non-hydrogen) atoms. The van der Waals surface area contributed by atoms with Gasteiger partial charge in [-0.2, -0.15) is 0 Å². The van der Waals surface area contributed by atoms with Gasteiger partial charge in [-0.3, -0.25) is 9.59 Å². The molecular formula is C23H19BrClN3O3. The van der Waals surface area contributed by atoms with Crippen LogP contribution in [0.5, 0.6) is 0 Å². The van der Waals surface area contributed by atoms with Crippen LogP contribution < -0.4 is 0 Å². The molecule has 4 rings (SSSR count). The van der Waals surface area contributed by atoms with Crippen LogP contribution in [0.1, 0.15) is 23.6 Å². The third-order valence-corrected chi connectivity index (χ3v) is 6.00. The lowest BCUT2D eigenvalue weighted by Crippen LogP contribution is -2.31. The lowest BCUT2D eigenvalue weighted by atomic mass is 9.95. The second-order valence-electron chi connectivity index (χ2n) is 7.20. The van der Waals surface area contributed by atoms with Crippen LogP contribution >= 0.6 is 27.5 Å². The van der Waals surface area contributed by atoms with Gasteiger partial charge < -0.3 is 14.6 Å². The highest BCUT2D eigenvalue weighted by Crippen LogP contribution is 2.39. The first-order valence-corrected chi connectivity index (χ1v) is 10.9. The molecule has 158 valence electrons. The summed E-state index contributed by atoms with van der Waals surface area (Å²) in [5.41, 5.74) is 1.26. The zero-order valence-corrected chi connectivity index (χ0v) is 18.8. The molecule has 0 aliphatic carbocycles. The minimum atomic E-state index is -0.692. The molecule has 1 aromatic heterocycles. The zero-order chi connectivity index (χ0) is 22.0. The Bertz CT molecular complexity index is 1130. The number of ketones is 1. The van der Waals surface area contributed by atoms with E-state index in [1.807, 2.05) is 35.0 Å². The average Bonchev–Trinajstić information content (AvgIpc) is 3.37. The molecule has 1 aliphatic heterocycles. The van der Waals surface area contributed by atoms with Gasteiger partial charge >= 0.3 is 0 Å². The summed E-state index contributed by atoms with van der Waals surface area (Å²) in [7, 11) is 0. The minimum Gasteiger partial charge on any atom is -0.507 e. The Morgan fingerprint density at radius 1 is 1.06 bits per heavy atom. The summed E-state index contributed by atoms with van der Waals surface area (Å²) in [5.74, 6) is -1.52. The number of amides is 1. The summed E-state index contributed by atoms with van der Waals surface area (Å²) in [6, 6.07) is 13.2. The molecule has 0 saturated carbocycles. The smallest absolute Gasteiger partial charge is 0.295 e. The largest absolute Gasteiger partial charge is 0.507 e. The number of rotatable bonds is 6. The monoisotopic (exact) mass is 499 g/mol. The maximum atomic E-state index is 13.0. The van der Waals surface area contributed by atoms with Crippen LogP contribution in [0.3, 0.4) is 0 Å². The summed E-state index contributed by atoms with van der Waals surface area (Å²) >= 11 is 9.37. The van der Waals surface area contributed by atoms with Crippen molar-refractivity contribution in [3.05, 3.63) is 93.4 Å². The molecule has 0 radical (unpaired) electrons. The lowest BCUT2D eigenvalue weighted by Gasteiger charge is -2.25. The van der Waals surface area contributed by atoms with Crippen molar-refractivity contribution in [2.75, 3.05) is 6.54 Å². The summed E-state index contributed by atoms with van der Waals surface area (Å²) in [5, 5.41) is 11.5. The second kappa shape index (κ2) is 9.08. The molecule has 3 aromatic rings. The topological polar surface area (TPSA) is 75.4 Å². The van der Waals surface area contributed by atoms with Crippen LogP contribution in [0.15, 0.2) is 77.3 Å². The predicted molar refractivity (Wildman–Crippen MR) is 121 cm³/mol. The normalized spacial score (nSPS) is 18.0. The zero-order valence-electron chi connectivity index (χ0n) is 16.4. The number of imidazole rings is 1. The highest BCUT2D eigenvalue weighted by molar-refractivity contribution is 9.10. The number of aryl methyl sites for hydroxylation is 1. The third kappa shape index (κ3) is 4.43. The maximum Gasteiger partial charge on any atom is 0.295 e. The van der Waals surface area contributed by atoms with Crippen molar-refractivity contribution in [1.29, 1.82) is 0 Å². The quantitative estimate of drug-likeness (QED) is 0.299. The second-order valence-corrected chi connectivity index (χ2v) is 8.56. The van der Waals surface area contributed by atoms with Crippen molar-refractivity contribution >= 4 is 45.0 Å². The number of likely N-dealkylation sites (tertiary alicyclic amines) is 1. The Hall–Kier alpha value is -2.90. The number of carbonyl (C=O) groups excluding carboxylic acids is 2. The molecule has 1 amide bonds. The molecular weight excluding hydrogens is 482 g/mol. The van der Waals surface area contributed by atoms with Gasteiger partial charge in [-0.15, -0.1) is 0 Å². The van der Waals surface area contributed by atoms with Crippen molar-refractivity contribution in [2.24, 2.45) is 0 Å². The van der Waals surface area contributed by atoms with Crippen molar-refractivity contribution in [3.63, 3.8) is 0 Å². The number of hydrogen-bond donors (Lipinski definition) is 1. The summed E-state index contributed by atoms with van der Waals surface area (Å²) in [6.07, 6.45) is 5.89. The number of Topliss-reactive ketones (excluding diaryl/α,β-unsaturated/α-hetero) is 1. The summed E-state index contributed by atoms with van der Waals surface area (Å²) in [6.45, 7) is 1.02. The number of halogens is 2. The van der Waals surface area contributed by atoms with Gasteiger partial charge in [0.05, 0.1) is 17.9 Å². The standard InChI is InChI=1S/C23H19BrClN3O3/c24-17-6-2-15(3-7-17)20-19(21(29)16-4-8-18(25)9-5-16)22(30)23(31)28(20)12-1-11-27-13-10-26-14-27/h2-10,13-14,20,29H,1,11-12H2/b21-19-. The number of aliphatic hydroxyl groups is 1. The first-order valence-electron chi connectivity index (χ1n) is 9.71. The van der Waals surface area contributed by atoms with E-state index in [0.29, 0.717) is 30.1 Å². The Morgan fingerprint density at radius 2 is 1.77 bits per heavy atom. The third-order valence-electron chi connectivity index (χ3n) is 5.22. The fraction of sp³-hybridized carbons (Fsp3) is 0.174. The predicted octanol–water partition coefficient (Wildman–Crippen LogP) is 4.81. The number of nitrogens with zero attached hydrogens (tertiary/aromatic N) is 3. The molecule has 0 spiro atoms. The molecule has 1 fully saturated rings. The molecule has 1 N–H and O–H groups in total. The van der Waals surface area contributed by atoms with Crippen LogP contribution in [0.25, 0.3) is 5.76 Å². The molecule has 1 unspecified atom stereocenters. The number of benzene rings is 2. The SMILES string of the molecule is O=C1C(=O)N(CCCn2ccnc2)C(c2ccc(Br)cc2)/C1=C(/O)c1ccc(Cl)cc1. The van der Waals surface area contributed by atoms with Gasteiger partial charge in [0.1, 0.15) is 5.76 Å². The Balaban J connectivity index is 1.72. The highest BCUT2D eigenvalue weighted by atomic mass is 79.9. The molecule has 6 nitrogen and oxygen atoms in total. The molecule has 0 bridgehead atoms. The van der Waals surface area contributed by atoms with E-state index in [1.165, 1.54) is 4.90 Å². The van der Waals surface area contributed by atoms with Crippen LogP contribution in [0.4, 0.5) is 0 Å². The van der Waals surface area contributed by atoms with Gasteiger partial charge in [0.2, 0.25) is 0 Å². The first-order chi connectivity index (χ1) is 15.0. The van der Waals surface area contributed by atoms with E-state index in [-0.39, 0.29) is 11.3 Å². The average molecular weight is 501 g/mol. The molecule has 2 heterocycles. The van der Waals surface area contributed by atoms with E-state index >= 15 is 0 Å². The van der Waals surface area contributed by atoms with E-state index in [0.717, 1.165) is 10.0 Å². The summed E-state index contributed by atoms with van der Waals surface area (Å²) in [4.78, 5) is 31.5. The molecule has 1 atom stereocenters. The van der Waals surface area contributed by atoms with Gasteiger partial charge in [-0.25, -0.2) is 4.98 Å². The lowest BCUT2D eigenvalue weighted by molar-refractivity contribution is -0.139. The molecule has 2 aromatic carbocycles.